The molecule has 0 unspecified atom stereocenters. The third-order valence-electron chi connectivity index (χ3n) is 3.60. The van der Waals surface area contributed by atoms with Crippen LogP contribution in [0.15, 0.2) is 54.6 Å². The molecular formula is C19H23NO3. The van der Waals surface area contributed by atoms with Crippen molar-refractivity contribution < 1.29 is 14.3 Å². The lowest BCUT2D eigenvalue weighted by Crippen LogP contribution is -2.33. The molecule has 23 heavy (non-hydrogen) atoms. The normalized spacial score (nSPS) is 11.7. The van der Waals surface area contributed by atoms with Crippen LogP contribution < -0.4 is 10.5 Å². The standard InChI is InChI=1S/C19H23NO3/c1-22-19(21)18(20)14-16-9-11-17(12-10-16)23-13-5-8-15-6-3-2-4-7-15/h2-4,6-7,9-12,18H,5,8,13-14,20H2,1H3/t18-/m1/s1. The summed E-state index contributed by atoms with van der Waals surface area (Å²) in [4.78, 5) is 11.3. The third kappa shape index (κ3) is 5.75. The summed E-state index contributed by atoms with van der Waals surface area (Å²) >= 11 is 0. The van der Waals surface area contributed by atoms with Crippen LogP contribution in [0, 0.1) is 0 Å². The molecule has 0 heterocycles. The summed E-state index contributed by atoms with van der Waals surface area (Å²) in [6.45, 7) is 0.677. The van der Waals surface area contributed by atoms with E-state index in [1.165, 1.54) is 12.7 Å². The molecule has 2 aromatic rings. The van der Waals surface area contributed by atoms with E-state index in [9.17, 15) is 4.79 Å². The van der Waals surface area contributed by atoms with E-state index >= 15 is 0 Å². The van der Waals surface area contributed by atoms with Gasteiger partial charge in [0, 0.05) is 0 Å². The average molecular weight is 313 g/mol. The number of esters is 1. The Bertz CT molecular complexity index is 596. The summed E-state index contributed by atoms with van der Waals surface area (Å²) in [5.41, 5.74) is 8.05. The van der Waals surface area contributed by atoms with Crippen LogP contribution >= 0.6 is 0 Å². The first-order chi connectivity index (χ1) is 11.2. The molecule has 0 saturated carbocycles. The Labute approximate surface area is 137 Å². The number of carbonyl (C=O) groups is 1. The first-order valence-corrected chi connectivity index (χ1v) is 7.78. The Hall–Kier alpha value is -2.33. The van der Waals surface area contributed by atoms with Gasteiger partial charge in [0.05, 0.1) is 13.7 Å². The zero-order chi connectivity index (χ0) is 16.5. The molecule has 0 bridgehead atoms. The lowest BCUT2D eigenvalue weighted by atomic mass is 10.1. The Morgan fingerprint density at radius 1 is 1.04 bits per heavy atom. The molecule has 0 amide bonds. The van der Waals surface area contributed by atoms with Gasteiger partial charge < -0.3 is 15.2 Å². The number of benzene rings is 2. The van der Waals surface area contributed by atoms with E-state index in [1.807, 2.05) is 42.5 Å². The van der Waals surface area contributed by atoms with E-state index in [4.69, 9.17) is 10.5 Å². The van der Waals surface area contributed by atoms with Gasteiger partial charge in [-0.1, -0.05) is 42.5 Å². The van der Waals surface area contributed by atoms with Crippen LogP contribution in [-0.4, -0.2) is 25.7 Å². The lowest BCUT2D eigenvalue weighted by Gasteiger charge is -2.10. The summed E-state index contributed by atoms with van der Waals surface area (Å²) in [6.07, 6.45) is 2.44. The molecule has 0 aliphatic carbocycles. The molecule has 122 valence electrons. The number of aryl methyl sites for hydroxylation is 1. The van der Waals surface area contributed by atoms with Gasteiger partial charge in [-0.3, -0.25) is 4.79 Å². The molecule has 0 aliphatic heterocycles. The molecule has 0 radical (unpaired) electrons. The Kier molecular flexibility index (Phi) is 6.63. The van der Waals surface area contributed by atoms with E-state index in [2.05, 4.69) is 16.9 Å². The predicted octanol–water partition coefficient (Wildman–Crippen LogP) is 2.74. The highest BCUT2D eigenvalue weighted by Crippen LogP contribution is 2.14. The number of hydrogen-bond donors (Lipinski definition) is 1. The predicted molar refractivity (Wildman–Crippen MR) is 90.4 cm³/mol. The van der Waals surface area contributed by atoms with Gasteiger partial charge in [-0.15, -0.1) is 0 Å². The second kappa shape index (κ2) is 8.96. The summed E-state index contributed by atoms with van der Waals surface area (Å²) in [5, 5.41) is 0. The topological polar surface area (TPSA) is 61.5 Å². The van der Waals surface area contributed by atoms with E-state index in [0.29, 0.717) is 13.0 Å². The van der Waals surface area contributed by atoms with Crippen molar-refractivity contribution in [3.8, 4) is 5.75 Å². The first-order valence-electron chi connectivity index (χ1n) is 7.78. The highest BCUT2D eigenvalue weighted by molar-refractivity contribution is 5.75. The molecular weight excluding hydrogens is 290 g/mol. The molecule has 0 spiro atoms. The summed E-state index contributed by atoms with van der Waals surface area (Å²) < 4.78 is 10.4. The fourth-order valence-electron chi connectivity index (χ4n) is 2.32. The molecule has 1 atom stereocenters. The average Bonchev–Trinajstić information content (AvgIpc) is 2.60. The first kappa shape index (κ1) is 17.0. The van der Waals surface area contributed by atoms with E-state index in [1.54, 1.807) is 0 Å². The van der Waals surface area contributed by atoms with Crippen LogP contribution in [0.25, 0.3) is 0 Å². The maximum atomic E-state index is 11.3. The van der Waals surface area contributed by atoms with Crippen molar-refractivity contribution in [2.75, 3.05) is 13.7 Å². The monoisotopic (exact) mass is 313 g/mol. The molecule has 2 rings (SSSR count). The van der Waals surface area contributed by atoms with Gasteiger partial charge in [-0.05, 0) is 42.5 Å². The van der Waals surface area contributed by atoms with Gasteiger partial charge >= 0.3 is 5.97 Å². The lowest BCUT2D eigenvalue weighted by molar-refractivity contribution is -0.142. The third-order valence-corrected chi connectivity index (χ3v) is 3.60. The number of methoxy groups -OCH3 is 1. The second-order valence-corrected chi connectivity index (χ2v) is 5.42. The number of hydrogen-bond acceptors (Lipinski definition) is 4. The Morgan fingerprint density at radius 3 is 2.39 bits per heavy atom. The minimum absolute atomic E-state index is 0.397. The van der Waals surface area contributed by atoms with Crippen LogP contribution in [0.1, 0.15) is 17.5 Å². The summed E-state index contributed by atoms with van der Waals surface area (Å²) in [6, 6.07) is 17.4. The smallest absolute Gasteiger partial charge is 0.322 e. The van der Waals surface area contributed by atoms with Crippen LogP contribution in [-0.2, 0) is 22.4 Å². The molecule has 2 aromatic carbocycles. The molecule has 0 fully saturated rings. The largest absolute Gasteiger partial charge is 0.494 e. The van der Waals surface area contributed by atoms with Crippen LogP contribution in [0.2, 0.25) is 0 Å². The molecule has 0 aromatic heterocycles. The van der Waals surface area contributed by atoms with Gasteiger partial charge in [0.2, 0.25) is 0 Å². The molecule has 2 N–H and O–H groups in total. The molecule has 0 saturated heterocycles. The Morgan fingerprint density at radius 2 is 1.74 bits per heavy atom. The van der Waals surface area contributed by atoms with E-state index < -0.39 is 12.0 Å². The van der Waals surface area contributed by atoms with E-state index in [0.717, 1.165) is 24.2 Å². The SMILES string of the molecule is COC(=O)[C@H](N)Cc1ccc(OCCCc2ccccc2)cc1. The van der Waals surface area contributed by atoms with Crippen molar-refractivity contribution >= 4 is 5.97 Å². The van der Waals surface area contributed by atoms with Crippen molar-refractivity contribution in [1.29, 1.82) is 0 Å². The number of nitrogens with two attached hydrogens (primary N) is 1. The van der Waals surface area contributed by atoms with Gasteiger partial charge in [0.25, 0.3) is 0 Å². The maximum Gasteiger partial charge on any atom is 0.322 e. The number of ether oxygens (including phenoxy) is 2. The fourth-order valence-corrected chi connectivity index (χ4v) is 2.32. The van der Waals surface area contributed by atoms with Crippen LogP contribution in [0.3, 0.4) is 0 Å². The van der Waals surface area contributed by atoms with Gasteiger partial charge in [0.15, 0.2) is 0 Å². The highest BCUT2D eigenvalue weighted by Gasteiger charge is 2.13. The van der Waals surface area contributed by atoms with Crippen LogP contribution in [0.5, 0.6) is 5.75 Å². The van der Waals surface area contributed by atoms with Crippen molar-refractivity contribution in [3.05, 3.63) is 65.7 Å². The highest BCUT2D eigenvalue weighted by atomic mass is 16.5. The van der Waals surface area contributed by atoms with Crippen molar-refractivity contribution in [3.63, 3.8) is 0 Å². The van der Waals surface area contributed by atoms with E-state index in [-0.39, 0.29) is 0 Å². The maximum absolute atomic E-state index is 11.3. The zero-order valence-corrected chi connectivity index (χ0v) is 13.4. The van der Waals surface area contributed by atoms with Crippen molar-refractivity contribution in [1.82, 2.24) is 0 Å². The number of carbonyl (C=O) groups excluding carboxylic acids is 1. The molecule has 0 aliphatic rings. The minimum Gasteiger partial charge on any atom is -0.494 e. The Balaban J connectivity index is 1.73. The van der Waals surface area contributed by atoms with Crippen molar-refractivity contribution in [2.24, 2.45) is 5.73 Å². The van der Waals surface area contributed by atoms with Crippen molar-refractivity contribution in [2.45, 2.75) is 25.3 Å². The minimum atomic E-state index is -0.627. The van der Waals surface area contributed by atoms with Crippen LogP contribution in [0.4, 0.5) is 0 Å². The second-order valence-electron chi connectivity index (χ2n) is 5.42. The summed E-state index contributed by atoms with van der Waals surface area (Å²) in [7, 11) is 1.34. The summed E-state index contributed by atoms with van der Waals surface area (Å²) in [5.74, 6) is 0.430. The van der Waals surface area contributed by atoms with Gasteiger partial charge in [-0.2, -0.15) is 0 Å². The van der Waals surface area contributed by atoms with Gasteiger partial charge in [-0.25, -0.2) is 0 Å². The fraction of sp³-hybridized carbons (Fsp3) is 0.316. The quantitative estimate of drug-likeness (QED) is 0.601. The number of rotatable bonds is 8. The molecule has 4 nitrogen and oxygen atoms in total. The van der Waals surface area contributed by atoms with Gasteiger partial charge in [0.1, 0.15) is 11.8 Å². The molecule has 4 heteroatoms. The zero-order valence-electron chi connectivity index (χ0n) is 13.4.